The molecular formula is C34H37F4N5O4. The number of benzene rings is 3. The van der Waals surface area contributed by atoms with Crippen molar-refractivity contribution in [2.75, 3.05) is 18.4 Å². The Morgan fingerprint density at radius 3 is 2.53 bits per heavy atom. The van der Waals surface area contributed by atoms with Crippen LogP contribution in [0.15, 0.2) is 60.8 Å². The molecule has 13 heteroatoms. The highest BCUT2D eigenvalue weighted by Gasteiger charge is 2.56. The van der Waals surface area contributed by atoms with Gasteiger partial charge in [0.15, 0.2) is 5.60 Å². The molecule has 0 aliphatic carbocycles. The maximum atomic E-state index is 14.5. The topological polar surface area (TPSA) is 134 Å². The second-order valence-corrected chi connectivity index (χ2v) is 12.8. The van der Waals surface area contributed by atoms with Crippen molar-refractivity contribution in [2.24, 2.45) is 5.73 Å². The highest BCUT2D eigenvalue weighted by Crippen LogP contribution is 2.43. The Kier molecular flexibility index (Phi) is 9.08. The van der Waals surface area contributed by atoms with E-state index in [0.717, 1.165) is 12.1 Å². The van der Waals surface area contributed by atoms with Gasteiger partial charge in [0.25, 0.3) is 5.91 Å². The number of nitrogens with two attached hydrogens (primary N) is 1. The summed E-state index contributed by atoms with van der Waals surface area (Å²) in [6, 6.07) is 12.9. The summed E-state index contributed by atoms with van der Waals surface area (Å²) in [7, 11) is 0. The van der Waals surface area contributed by atoms with Crippen LogP contribution in [0.25, 0.3) is 16.6 Å². The van der Waals surface area contributed by atoms with Gasteiger partial charge in [0.1, 0.15) is 11.9 Å². The molecule has 2 amide bonds. The van der Waals surface area contributed by atoms with Gasteiger partial charge in [-0.15, -0.1) is 0 Å². The van der Waals surface area contributed by atoms with Crippen LogP contribution in [0.5, 0.6) is 0 Å². The van der Waals surface area contributed by atoms with Crippen LogP contribution in [0, 0.1) is 12.7 Å². The van der Waals surface area contributed by atoms with Crippen LogP contribution in [0.4, 0.5) is 23.2 Å². The molecule has 4 aromatic rings. The van der Waals surface area contributed by atoms with E-state index in [1.54, 1.807) is 48.0 Å². The third-order valence-corrected chi connectivity index (χ3v) is 8.82. The Balaban J connectivity index is 1.45. The smallest absolute Gasteiger partial charge is 0.392 e. The van der Waals surface area contributed by atoms with Crippen molar-refractivity contribution in [1.29, 1.82) is 0 Å². The van der Waals surface area contributed by atoms with Crippen molar-refractivity contribution in [3.63, 3.8) is 0 Å². The molecule has 0 bridgehead atoms. The molecule has 1 aromatic heterocycles. The van der Waals surface area contributed by atoms with E-state index in [1.807, 2.05) is 0 Å². The lowest BCUT2D eigenvalue weighted by molar-refractivity contribution is -0.260. The van der Waals surface area contributed by atoms with E-state index >= 15 is 0 Å². The number of nitrogens with zero attached hydrogens (tertiary/aromatic N) is 3. The van der Waals surface area contributed by atoms with Crippen molar-refractivity contribution in [1.82, 2.24) is 14.7 Å². The van der Waals surface area contributed by atoms with Crippen LogP contribution >= 0.6 is 0 Å². The average molecular weight is 656 g/mol. The number of aromatic nitrogens is 2. The number of hydrogen-bond acceptors (Lipinski definition) is 6. The summed E-state index contributed by atoms with van der Waals surface area (Å²) < 4.78 is 59.3. The number of amides is 2. The van der Waals surface area contributed by atoms with E-state index in [2.05, 4.69) is 10.4 Å². The largest absolute Gasteiger partial charge is 0.418 e. The maximum absolute atomic E-state index is 14.5. The molecule has 2 atom stereocenters. The molecule has 1 aliphatic rings. The van der Waals surface area contributed by atoms with Gasteiger partial charge in [0.2, 0.25) is 5.91 Å². The van der Waals surface area contributed by atoms with Gasteiger partial charge in [-0.1, -0.05) is 26.0 Å². The number of alkyl halides is 3. The van der Waals surface area contributed by atoms with E-state index in [0.29, 0.717) is 52.8 Å². The number of aryl methyl sites for hydroxylation is 1. The normalized spacial score (nSPS) is 16.8. The van der Waals surface area contributed by atoms with Gasteiger partial charge in [-0.25, -0.2) is 9.07 Å². The highest BCUT2D eigenvalue weighted by atomic mass is 19.4. The number of likely N-dealkylation sites (tertiary alicyclic amines) is 1. The van der Waals surface area contributed by atoms with Gasteiger partial charge >= 0.3 is 6.18 Å². The minimum atomic E-state index is -5.06. The summed E-state index contributed by atoms with van der Waals surface area (Å²) in [5.74, 6) is -1.58. The minimum Gasteiger partial charge on any atom is -0.392 e. The number of carbonyl (C=O) groups excluding carboxylic acids is 2. The molecule has 9 nitrogen and oxygen atoms in total. The lowest BCUT2D eigenvalue weighted by Crippen LogP contribution is -2.53. The van der Waals surface area contributed by atoms with Crippen molar-refractivity contribution < 1.29 is 37.4 Å². The van der Waals surface area contributed by atoms with Gasteiger partial charge in [-0.05, 0) is 90.8 Å². The summed E-state index contributed by atoms with van der Waals surface area (Å²) >= 11 is 0. The summed E-state index contributed by atoms with van der Waals surface area (Å²) in [5.41, 5.74) is 3.67. The second kappa shape index (κ2) is 12.6. The monoisotopic (exact) mass is 655 g/mol. The van der Waals surface area contributed by atoms with Crippen LogP contribution < -0.4 is 11.1 Å². The van der Waals surface area contributed by atoms with E-state index in [4.69, 9.17) is 5.73 Å². The Morgan fingerprint density at radius 2 is 1.85 bits per heavy atom. The SMILES string of the molecule is Cc1cc(NC[C@](O)(CC(C)(C)c2cc(F)ccc2CO)C(F)(F)F)c2cnn(-c3cccc(C(=O)N4CCC[C@@H]4C(N)=O)c3)c2c1. The first-order valence-electron chi connectivity index (χ1n) is 15.2. The lowest BCUT2D eigenvalue weighted by atomic mass is 9.73. The fourth-order valence-corrected chi connectivity index (χ4v) is 6.51. The maximum Gasteiger partial charge on any atom is 0.418 e. The van der Waals surface area contributed by atoms with Crippen molar-refractivity contribution in [2.45, 2.75) is 69.9 Å². The average Bonchev–Trinajstić information content (AvgIpc) is 3.67. The zero-order chi connectivity index (χ0) is 34.3. The number of aliphatic hydroxyl groups excluding tert-OH is 1. The fourth-order valence-electron chi connectivity index (χ4n) is 6.51. The minimum absolute atomic E-state index is 0.164. The molecule has 5 N–H and O–H groups in total. The molecule has 0 saturated carbocycles. The van der Waals surface area contributed by atoms with Gasteiger partial charge in [0.05, 0.1) is 30.6 Å². The zero-order valence-electron chi connectivity index (χ0n) is 26.2. The Morgan fingerprint density at radius 1 is 1.11 bits per heavy atom. The Bertz CT molecular complexity index is 1820. The number of primary amides is 1. The van der Waals surface area contributed by atoms with Crippen molar-refractivity contribution in [3.05, 3.63) is 88.9 Å². The van der Waals surface area contributed by atoms with E-state index < -0.39 is 54.5 Å². The number of anilines is 1. The van der Waals surface area contributed by atoms with Crippen LogP contribution in [0.2, 0.25) is 0 Å². The number of rotatable bonds is 10. The number of nitrogens with one attached hydrogen (secondary N) is 1. The predicted molar refractivity (Wildman–Crippen MR) is 169 cm³/mol. The fraction of sp³-hybridized carbons (Fsp3) is 0.382. The zero-order valence-corrected chi connectivity index (χ0v) is 26.2. The molecule has 2 heterocycles. The van der Waals surface area contributed by atoms with Crippen molar-refractivity contribution >= 4 is 28.4 Å². The first kappa shape index (κ1) is 33.9. The summed E-state index contributed by atoms with van der Waals surface area (Å²) in [5, 5.41) is 28.6. The number of carbonyl (C=O) groups is 2. The van der Waals surface area contributed by atoms with Crippen LogP contribution in [0.3, 0.4) is 0 Å². The Labute approximate surface area is 269 Å². The molecule has 47 heavy (non-hydrogen) atoms. The number of hydrogen-bond donors (Lipinski definition) is 4. The molecule has 3 aromatic carbocycles. The predicted octanol–water partition coefficient (Wildman–Crippen LogP) is 5.13. The van der Waals surface area contributed by atoms with Gasteiger partial charge in [-0.2, -0.15) is 18.3 Å². The number of aliphatic hydroxyl groups is 2. The quantitative estimate of drug-likeness (QED) is 0.175. The Hall–Kier alpha value is -4.49. The van der Waals surface area contributed by atoms with Crippen LogP contribution in [-0.2, 0) is 16.8 Å². The number of halogens is 4. The molecule has 1 fully saturated rings. The molecule has 250 valence electrons. The molecule has 0 unspecified atom stereocenters. The van der Waals surface area contributed by atoms with E-state index in [9.17, 15) is 37.4 Å². The molecular weight excluding hydrogens is 618 g/mol. The first-order chi connectivity index (χ1) is 22.0. The van der Waals surface area contributed by atoms with Crippen LogP contribution in [0.1, 0.15) is 60.2 Å². The van der Waals surface area contributed by atoms with Gasteiger partial charge < -0.3 is 26.2 Å². The molecule has 0 radical (unpaired) electrons. The van der Waals surface area contributed by atoms with Crippen molar-refractivity contribution in [3.8, 4) is 5.69 Å². The van der Waals surface area contributed by atoms with Crippen LogP contribution in [-0.4, -0.2) is 67.6 Å². The summed E-state index contributed by atoms with van der Waals surface area (Å²) in [6.45, 7) is 3.66. The highest BCUT2D eigenvalue weighted by molar-refractivity contribution is 5.98. The number of fused-ring (bicyclic) bond motifs is 1. The first-order valence-corrected chi connectivity index (χ1v) is 15.2. The molecule has 5 rings (SSSR count). The van der Waals surface area contributed by atoms with Gasteiger partial charge in [-0.3, -0.25) is 9.59 Å². The standard InChI is InChI=1S/C34H37F4N5O4/c1-20-12-27(40-19-33(47,34(36,37)38)18-32(2,3)26-15-23(35)10-9-22(26)17-44)25-16-41-43(29(25)13-20)24-7-4-6-21(14-24)31(46)42-11-5-8-28(42)30(39)45/h4,6-7,9-10,12-16,28,40,44,47H,5,8,11,17-19H2,1-3H3,(H2,39,45)/t28-,33-/m1/s1. The summed E-state index contributed by atoms with van der Waals surface area (Å²) in [6.07, 6.45) is -3.25. The summed E-state index contributed by atoms with van der Waals surface area (Å²) in [4.78, 5) is 26.6. The molecule has 1 aliphatic heterocycles. The van der Waals surface area contributed by atoms with E-state index in [1.165, 1.54) is 31.0 Å². The second-order valence-electron chi connectivity index (χ2n) is 12.8. The third kappa shape index (κ3) is 6.68. The van der Waals surface area contributed by atoms with Gasteiger partial charge in [0, 0.05) is 23.2 Å². The van der Waals surface area contributed by atoms with E-state index in [-0.39, 0.29) is 17.0 Å². The lowest BCUT2D eigenvalue weighted by Gasteiger charge is -2.39. The third-order valence-electron chi connectivity index (χ3n) is 8.82. The molecule has 1 saturated heterocycles. The molecule has 0 spiro atoms.